The summed E-state index contributed by atoms with van der Waals surface area (Å²) >= 11 is 0. The number of amides is 1. The first-order valence-electron chi connectivity index (χ1n) is 10.3. The van der Waals surface area contributed by atoms with E-state index in [1.165, 1.54) is 12.7 Å². The van der Waals surface area contributed by atoms with Gasteiger partial charge in [0, 0.05) is 37.1 Å². The highest BCUT2D eigenvalue weighted by molar-refractivity contribution is 5.93. The molecule has 0 aliphatic carbocycles. The first kappa shape index (κ1) is 22.0. The van der Waals surface area contributed by atoms with Crippen LogP contribution in [0.5, 0.6) is 0 Å². The number of aromatic nitrogens is 3. The van der Waals surface area contributed by atoms with Gasteiger partial charge in [0.25, 0.3) is 5.91 Å². The van der Waals surface area contributed by atoms with Crippen LogP contribution in [-0.4, -0.2) is 40.1 Å². The minimum atomic E-state index is -0.416. The van der Waals surface area contributed by atoms with Crippen LogP contribution >= 0.6 is 0 Å². The molecule has 0 spiro atoms. The van der Waals surface area contributed by atoms with Crippen LogP contribution in [0.1, 0.15) is 42.6 Å². The Kier molecular flexibility index (Phi) is 7.39. The fourth-order valence-corrected chi connectivity index (χ4v) is 3.41. The van der Waals surface area contributed by atoms with E-state index in [4.69, 9.17) is 4.74 Å². The van der Waals surface area contributed by atoms with E-state index in [0.29, 0.717) is 30.0 Å². The number of nitrogens with zero attached hydrogens (tertiary/aromatic N) is 3. The molecule has 0 saturated carbocycles. The molecule has 0 fully saturated rings. The number of esters is 1. The zero-order valence-electron chi connectivity index (χ0n) is 18.1. The van der Waals surface area contributed by atoms with Gasteiger partial charge in [-0.1, -0.05) is 19.3 Å². The number of carbonyl (C=O) groups is 2. The lowest BCUT2D eigenvalue weighted by molar-refractivity contribution is -0.115. The summed E-state index contributed by atoms with van der Waals surface area (Å²) in [6.07, 6.45) is 8.72. The van der Waals surface area contributed by atoms with Gasteiger partial charge in [-0.05, 0) is 49.4 Å². The van der Waals surface area contributed by atoms with Gasteiger partial charge < -0.3 is 14.6 Å². The van der Waals surface area contributed by atoms with E-state index in [1.54, 1.807) is 25.3 Å². The lowest BCUT2D eigenvalue weighted by Crippen LogP contribution is -2.25. The number of unbranched alkanes of at least 4 members (excludes halogenated alkanes) is 1. The van der Waals surface area contributed by atoms with Gasteiger partial charge in [-0.25, -0.2) is 4.79 Å². The number of carbonyl (C=O) groups excluding carboxylic acids is 2. The van der Waals surface area contributed by atoms with Gasteiger partial charge in [0.05, 0.1) is 29.6 Å². The Morgan fingerprint density at radius 2 is 2.03 bits per heavy atom. The number of pyridine rings is 2. The normalized spacial score (nSPS) is 10.4. The second-order valence-corrected chi connectivity index (χ2v) is 7.09. The fraction of sp³-hybridized carbons (Fsp3) is 0.333. The minimum absolute atomic E-state index is 0.281. The van der Waals surface area contributed by atoms with Gasteiger partial charge in [-0.15, -0.1) is 0 Å². The first-order chi connectivity index (χ1) is 15.1. The second-order valence-electron chi connectivity index (χ2n) is 7.09. The van der Waals surface area contributed by atoms with Crippen molar-refractivity contribution in [2.75, 3.05) is 13.7 Å². The summed E-state index contributed by atoms with van der Waals surface area (Å²) in [6, 6.07) is 5.26. The van der Waals surface area contributed by atoms with Crippen molar-refractivity contribution in [2.45, 2.75) is 39.7 Å². The maximum absolute atomic E-state index is 11.9. The van der Waals surface area contributed by atoms with E-state index in [9.17, 15) is 9.59 Å². The Bertz CT molecular complexity index is 1150. The molecule has 0 aliphatic heterocycles. The molecular formula is C24H26N4O3. The second kappa shape index (κ2) is 10.4. The lowest BCUT2D eigenvalue weighted by Gasteiger charge is -2.07. The molecule has 160 valence electrons. The highest BCUT2D eigenvalue weighted by atomic mass is 16.5. The van der Waals surface area contributed by atoms with E-state index in [1.807, 2.05) is 12.3 Å². The molecule has 7 heteroatoms. The molecular weight excluding hydrogens is 392 g/mol. The van der Waals surface area contributed by atoms with E-state index < -0.39 is 5.97 Å². The van der Waals surface area contributed by atoms with Crippen molar-refractivity contribution in [3.05, 3.63) is 47.9 Å². The number of rotatable bonds is 8. The summed E-state index contributed by atoms with van der Waals surface area (Å²) < 4.78 is 6.92. The SMILES string of the molecule is CC#CC(=O)NCCn1cc(CCCC)c2cnc(-c3cc(C(=O)OC)ccn3)cc21. The van der Waals surface area contributed by atoms with Crippen molar-refractivity contribution in [1.29, 1.82) is 0 Å². The maximum Gasteiger partial charge on any atom is 0.337 e. The summed E-state index contributed by atoms with van der Waals surface area (Å²) in [4.78, 5) is 32.5. The van der Waals surface area contributed by atoms with E-state index in [-0.39, 0.29) is 5.91 Å². The predicted molar refractivity (Wildman–Crippen MR) is 119 cm³/mol. The van der Waals surface area contributed by atoms with Gasteiger partial charge >= 0.3 is 5.97 Å². The van der Waals surface area contributed by atoms with Crippen LogP contribution in [0, 0.1) is 11.8 Å². The average Bonchev–Trinajstić information content (AvgIpc) is 3.14. The Balaban J connectivity index is 1.96. The van der Waals surface area contributed by atoms with Crippen molar-refractivity contribution in [3.63, 3.8) is 0 Å². The number of methoxy groups -OCH3 is 1. The topological polar surface area (TPSA) is 86.1 Å². The molecule has 0 unspecified atom stereocenters. The lowest BCUT2D eigenvalue weighted by atomic mass is 10.1. The molecule has 1 amide bonds. The Morgan fingerprint density at radius 3 is 2.77 bits per heavy atom. The van der Waals surface area contributed by atoms with Crippen molar-refractivity contribution in [1.82, 2.24) is 19.9 Å². The van der Waals surface area contributed by atoms with Crippen LogP contribution in [0.15, 0.2) is 36.8 Å². The van der Waals surface area contributed by atoms with Crippen molar-refractivity contribution >= 4 is 22.8 Å². The predicted octanol–water partition coefficient (Wildman–Crippen LogP) is 3.37. The molecule has 0 atom stereocenters. The molecule has 0 radical (unpaired) electrons. The Hall–Kier alpha value is -3.66. The van der Waals surface area contributed by atoms with Crippen LogP contribution in [0.4, 0.5) is 0 Å². The maximum atomic E-state index is 11.9. The fourth-order valence-electron chi connectivity index (χ4n) is 3.41. The third-order valence-electron chi connectivity index (χ3n) is 4.97. The zero-order chi connectivity index (χ0) is 22.2. The summed E-state index contributed by atoms with van der Waals surface area (Å²) in [6.45, 7) is 4.88. The minimum Gasteiger partial charge on any atom is -0.465 e. The van der Waals surface area contributed by atoms with Crippen molar-refractivity contribution in [3.8, 4) is 23.2 Å². The van der Waals surface area contributed by atoms with Crippen molar-refractivity contribution < 1.29 is 14.3 Å². The number of nitrogens with one attached hydrogen (secondary N) is 1. The third-order valence-corrected chi connectivity index (χ3v) is 4.97. The van der Waals surface area contributed by atoms with Crippen LogP contribution in [-0.2, 0) is 22.5 Å². The van der Waals surface area contributed by atoms with Crippen molar-refractivity contribution in [2.24, 2.45) is 0 Å². The monoisotopic (exact) mass is 418 g/mol. The molecule has 0 saturated heterocycles. The van der Waals surface area contributed by atoms with Crippen LogP contribution in [0.3, 0.4) is 0 Å². The average molecular weight is 418 g/mol. The number of hydrogen-bond acceptors (Lipinski definition) is 5. The van der Waals surface area contributed by atoms with Gasteiger partial charge in [-0.3, -0.25) is 14.8 Å². The highest BCUT2D eigenvalue weighted by Crippen LogP contribution is 2.26. The molecule has 3 rings (SSSR count). The summed E-state index contributed by atoms with van der Waals surface area (Å²) in [5, 5.41) is 3.89. The molecule has 31 heavy (non-hydrogen) atoms. The van der Waals surface area contributed by atoms with Gasteiger partial charge in [-0.2, -0.15) is 0 Å². The molecule has 3 heterocycles. The highest BCUT2D eigenvalue weighted by Gasteiger charge is 2.13. The van der Waals surface area contributed by atoms with E-state index in [2.05, 4.69) is 44.8 Å². The summed E-state index contributed by atoms with van der Waals surface area (Å²) in [7, 11) is 1.35. The van der Waals surface area contributed by atoms with Gasteiger partial charge in [0.1, 0.15) is 0 Å². The number of hydrogen-bond donors (Lipinski definition) is 1. The molecule has 3 aromatic rings. The number of fused-ring (bicyclic) bond motifs is 1. The smallest absolute Gasteiger partial charge is 0.337 e. The third kappa shape index (κ3) is 5.28. The molecule has 7 nitrogen and oxygen atoms in total. The Labute approximate surface area is 181 Å². The first-order valence-corrected chi connectivity index (χ1v) is 10.3. The standard InChI is InChI=1S/C24H26N4O3/c1-4-6-8-18-16-28(12-11-26-23(29)7-5-2)22-14-21(27-15-19(18)22)20-13-17(9-10-25-20)24(30)31-3/h9-10,13-16H,4,6,8,11-12H2,1-3H3,(H,26,29). The van der Waals surface area contributed by atoms with Gasteiger partial charge in [0.2, 0.25) is 0 Å². The summed E-state index contributed by atoms with van der Waals surface area (Å²) in [5.74, 6) is 4.39. The number of ether oxygens (including phenoxy) is 1. The molecule has 0 aliphatic rings. The summed E-state index contributed by atoms with van der Waals surface area (Å²) in [5.41, 5.74) is 3.93. The quantitative estimate of drug-likeness (QED) is 0.448. The van der Waals surface area contributed by atoms with Crippen LogP contribution in [0.25, 0.3) is 22.3 Å². The van der Waals surface area contributed by atoms with Crippen LogP contribution < -0.4 is 5.32 Å². The van der Waals surface area contributed by atoms with E-state index >= 15 is 0 Å². The Morgan fingerprint density at radius 1 is 1.23 bits per heavy atom. The molecule has 0 aromatic carbocycles. The zero-order valence-corrected chi connectivity index (χ0v) is 18.1. The molecule has 0 bridgehead atoms. The van der Waals surface area contributed by atoms with Gasteiger partial charge in [0.15, 0.2) is 0 Å². The van der Waals surface area contributed by atoms with E-state index in [0.717, 1.165) is 30.2 Å². The number of aryl methyl sites for hydroxylation is 1. The molecule has 1 N–H and O–H groups in total. The largest absolute Gasteiger partial charge is 0.465 e. The molecule has 3 aromatic heterocycles. The van der Waals surface area contributed by atoms with Crippen LogP contribution in [0.2, 0.25) is 0 Å².